The van der Waals surface area contributed by atoms with Gasteiger partial charge in [-0.3, -0.25) is 4.79 Å². The van der Waals surface area contributed by atoms with Crippen LogP contribution in [-0.4, -0.2) is 21.4 Å². The standard InChI is InChI=1S/C25H33F3N2O/c1-2-3-5-15-24(31)30(22-12-6-4-7-13-22)19-23-14-9-16-29(23)18-20-10-8-11-21(17-20)25(26,27)28/h8-11,14,16-17,22H,2-7,12-13,15,18-19H2,1H3. The van der Waals surface area contributed by atoms with Gasteiger partial charge >= 0.3 is 6.18 Å². The molecular formula is C25H33F3N2O. The maximum Gasteiger partial charge on any atom is 0.416 e. The zero-order chi connectivity index (χ0) is 22.3. The quantitative estimate of drug-likeness (QED) is 0.399. The number of nitrogens with zero attached hydrogens (tertiary/aromatic N) is 2. The molecule has 1 aliphatic carbocycles. The summed E-state index contributed by atoms with van der Waals surface area (Å²) in [6.45, 7) is 3.00. The van der Waals surface area contributed by atoms with Gasteiger partial charge in [0.1, 0.15) is 0 Å². The number of rotatable bonds is 9. The van der Waals surface area contributed by atoms with Gasteiger partial charge in [-0.05, 0) is 49.1 Å². The van der Waals surface area contributed by atoms with Gasteiger partial charge in [-0.1, -0.05) is 51.2 Å². The molecule has 0 unspecified atom stereocenters. The maximum absolute atomic E-state index is 13.1. The molecule has 1 aromatic carbocycles. The first-order valence-corrected chi connectivity index (χ1v) is 11.5. The average molecular weight is 435 g/mol. The Morgan fingerprint density at radius 1 is 1.10 bits per heavy atom. The van der Waals surface area contributed by atoms with E-state index in [1.807, 2.05) is 27.8 Å². The van der Waals surface area contributed by atoms with Crippen molar-refractivity contribution in [3.8, 4) is 0 Å². The molecule has 31 heavy (non-hydrogen) atoms. The summed E-state index contributed by atoms with van der Waals surface area (Å²) in [6, 6.07) is 9.62. The zero-order valence-electron chi connectivity index (χ0n) is 18.3. The van der Waals surface area contributed by atoms with E-state index in [1.165, 1.54) is 18.6 Å². The highest BCUT2D eigenvalue weighted by molar-refractivity contribution is 5.76. The van der Waals surface area contributed by atoms with Crippen LogP contribution in [0.15, 0.2) is 42.6 Å². The molecule has 0 N–H and O–H groups in total. The Labute approximate surface area is 183 Å². The van der Waals surface area contributed by atoms with E-state index in [0.717, 1.165) is 56.7 Å². The molecule has 3 nitrogen and oxygen atoms in total. The molecule has 0 spiro atoms. The number of carbonyl (C=O) groups is 1. The third kappa shape index (κ3) is 6.62. The van der Waals surface area contributed by atoms with Crippen LogP contribution in [0.3, 0.4) is 0 Å². The third-order valence-electron chi connectivity index (χ3n) is 6.19. The first kappa shape index (κ1) is 23.4. The predicted molar refractivity (Wildman–Crippen MR) is 117 cm³/mol. The van der Waals surface area contributed by atoms with E-state index in [0.29, 0.717) is 25.1 Å². The summed E-state index contributed by atoms with van der Waals surface area (Å²) in [5.41, 5.74) is 0.936. The highest BCUT2D eigenvalue weighted by Crippen LogP contribution is 2.30. The molecule has 2 aromatic rings. The van der Waals surface area contributed by atoms with E-state index in [9.17, 15) is 18.0 Å². The van der Waals surface area contributed by atoms with Crippen LogP contribution in [-0.2, 0) is 24.1 Å². The van der Waals surface area contributed by atoms with E-state index in [-0.39, 0.29) is 11.9 Å². The summed E-state index contributed by atoms with van der Waals surface area (Å²) in [6.07, 6.45) is 6.73. The second-order valence-corrected chi connectivity index (χ2v) is 8.60. The number of amides is 1. The molecule has 0 bridgehead atoms. The Morgan fingerprint density at radius 3 is 2.58 bits per heavy atom. The minimum absolute atomic E-state index is 0.201. The van der Waals surface area contributed by atoms with Crippen molar-refractivity contribution in [1.82, 2.24) is 9.47 Å². The highest BCUT2D eigenvalue weighted by Gasteiger charge is 2.30. The van der Waals surface area contributed by atoms with Gasteiger partial charge in [0.15, 0.2) is 0 Å². The molecule has 0 radical (unpaired) electrons. The number of aromatic nitrogens is 1. The minimum Gasteiger partial charge on any atom is -0.345 e. The summed E-state index contributed by atoms with van der Waals surface area (Å²) in [5.74, 6) is 0.201. The lowest BCUT2D eigenvalue weighted by atomic mass is 9.93. The molecule has 1 heterocycles. The van der Waals surface area contributed by atoms with E-state index < -0.39 is 11.7 Å². The van der Waals surface area contributed by atoms with E-state index >= 15 is 0 Å². The van der Waals surface area contributed by atoms with Crippen LogP contribution < -0.4 is 0 Å². The number of alkyl halides is 3. The zero-order valence-corrected chi connectivity index (χ0v) is 18.3. The normalized spacial score (nSPS) is 15.2. The number of hydrogen-bond donors (Lipinski definition) is 0. The third-order valence-corrected chi connectivity index (χ3v) is 6.19. The molecule has 1 amide bonds. The lowest BCUT2D eigenvalue weighted by Gasteiger charge is -2.35. The molecule has 1 fully saturated rings. The molecular weight excluding hydrogens is 401 g/mol. The van der Waals surface area contributed by atoms with Crippen molar-refractivity contribution in [2.45, 2.75) is 90.0 Å². The number of carbonyl (C=O) groups excluding carboxylic acids is 1. The van der Waals surface area contributed by atoms with Crippen LogP contribution in [0.1, 0.15) is 81.5 Å². The molecule has 170 valence electrons. The van der Waals surface area contributed by atoms with Crippen LogP contribution in [0.5, 0.6) is 0 Å². The van der Waals surface area contributed by atoms with Gasteiger partial charge in [0.2, 0.25) is 5.91 Å². The van der Waals surface area contributed by atoms with Crippen molar-refractivity contribution in [2.75, 3.05) is 0 Å². The summed E-state index contributed by atoms with van der Waals surface area (Å²) in [7, 11) is 0. The molecule has 0 atom stereocenters. The van der Waals surface area contributed by atoms with Crippen molar-refractivity contribution in [2.24, 2.45) is 0 Å². The summed E-state index contributed by atoms with van der Waals surface area (Å²) in [5, 5.41) is 0. The molecule has 6 heteroatoms. The van der Waals surface area contributed by atoms with Gasteiger partial charge in [-0.15, -0.1) is 0 Å². The summed E-state index contributed by atoms with van der Waals surface area (Å²) >= 11 is 0. The molecule has 0 saturated heterocycles. The van der Waals surface area contributed by atoms with Crippen molar-refractivity contribution < 1.29 is 18.0 Å². The van der Waals surface area contributed by atoms with Crippen molar-refractivity contribution in [3.63, 3.8) is 0 Å². The Hall–Kier alpha value is -2.24. The van der Waals surface area contributed by atoms with Gasteiger partial charge in [-0.25, -0.2) is 0 Å². The lowest BCUT2D eigenvalue weighted by molar-refractivity contribution is -0.137. The van der Waals surface area contributed by atoms with Gasteiger partial charge in [0.25, 0.3) is 0 Å². The number of halogens is 3. The Balaban J connectivity index is 1.75. The molecule has 1 saturated carbocycles. The number of hydrogen-bond acceptors (Lipinski definition) is 1. The van der Waals surface area contributed by atoms with Crippen LogP contribution in [0.2, 0.25) is 0 Å². The summed E-state index contributed by atoms with van der Waals surface area (Å²) < 4.78 is 41.2. The monoisotopic (exact) mass is 434 g/mol. The number of unbranched alkanes of at least 4 members (excludes halogenated alkanes) is 2. The molecule has 3 rings (SSSR count). The van der Waals surface area contributed by atoms with E-state index in [1.54, 1.807) is 6.07 Å². The van der Waals surface area contributed by atoms with Crippen LogP contribution in [0.25, 0.3) is 0 Å². The first-order chi connectivity index (χ1) is 14.9. The molecule has 0 aliphatic heterocycles. The first-order valence-electron chi connectivity index (χ1n) is 11.5. The Bertz CT molecular complexity index is 837. The Morgan fingerprint density at radius 2 is 1.87 bits per heavy atom. The average Bonchev–Trinajstić information content (AvgIpc) is 3.19. The fraction of sp³-hybridized carbons (Fsp3) is 0.560. The van der Waals surface area contributed by atoms with Crippen LogP contribution in [0.4, 0.5) is 13.2 Å². The van der Waals surface area contributed by atoms with Gasteiger partial charge in [0.05, 0.1) is 12.1 Å². The fourth-order valence-corrected chi connectivity index (χ4v) is 4.45. The smallest absolute Gasteiger partial charge is 0.345 e. The predicted octanol–water partition coefficient (Wildman–Crippen LogP) is 6.80. The maximum atomic E-state index is 13.1. The van der Waals surface area contributed by atoms with Gasteiger partial charge < -0.3 is 9.47 Å². The van der Waals surface area contributed by atoms with Gasteiger partial charge in [-0.2, -0.15) is 13.2 Å². The largest absolute Gasteiger partial charge is 0.416 e. The topological polar surface area (TPSA) is 25.2 Å². The Kier molecular flexibility index (Phi) is 8.22. The van der Waals surface area contributed by atoms with E-state index in [2.05, 4.69) is 6.92 Å². The minimum atomic E-state index is -4.35. The SMILES string of the molecule is CCCCCC(=O)N(Cc1cccn1Cc1cccc(C(F)(F)F)c1)C1CCCCC1. The second-order valence-electron chi connectivity index (χ2n) is 8.60. The van der Waals surface area contributed by atoms with E-state index in [4.69, 9.17) is 0 Å². The second kappa shape index (κ2) is 10.9. The van der Waals surface area contributed by atoms with Crippen LogP contribution >= 0.6 is 0 Å². The van der Waals surface area contributed by atoms with Gasteiger partial charge in [0, 0.05) is 30.9 Å². The summed E-state index contributed by atoms with van der Waals surface area (Å²) in [4.78, 5) is 15.1. The highest BCUT2D eigenvalue weighted by atomic mass is 19.4. The fourth-order valence-electron chi connectivity index (χ4n) is 4.45. The number of benzene rings is 1. The lowest BCUT2D eigenvalue weighted by Crippen LogP contribution is -2.41. The van der Waals surface area contributed by atoms with Crippen LogP contribution in [0, 0.1) is 0 Å². The molecule has 1 aromatic heterocycles. The van der Waals surface area contributed by atoms with Crippen molar-refractivity contribution in [3.05, 3.63) is 59.4 Å². The molecule has 1 aliphatic rings. The van der Waals surface area contributed by atoms with Crippen molar-refractivity contribution >= 4 is 5.91 Å². The van der Waals surface area contributed by atoms with Crippen molar-refractivity contribution in [1.29, 1.82) is 0 Å².